The molecule has 1 N–H and O–H groups in total. The Bertz CT molecular complexity index is 1430. The Hall–Kier alpha value is -3.30. The molecule has 198 valence electrons. The number of carbonyl (C=O) groups is 1. The Morgan fingerprint density at radius 2 is 1.84 bits per heavy atom. The molecule has 1 aliphatic heterocycles. The quantitative estimate of drug-likeness (QED) is 0.431. The molecule has 1 saturated heterocycles. The van der Waals surface area contributed by atoms with Crippen molar-refractivity contribution >= 4 is 22.4 Å². The van der Waals surface area contributed by atoms with Gasteiger partial charge in [-0.2, -0.15) is 5.26 Å². The second kappa shape index (κ2) is 9.47. The van der Waals surface area contributed by atoms with Gasteiger partial charge in [0.15, 0.2) is 5.78 Å². The van der Waals surface area contributed by atoms with Crippen molar-refractivity contribution in [3.8, 4) is 11.8 Å². The van der Waals surface area contributed by atoms with Gasteiger partial charge >= 0.3 is 0 Å². The maximum atomic E-state index is 14.1. The number of anilines is 1. The summed E-state index contributed by atoms with van der Waals surface area (Å²) in [5.74, 6) is 0.856. The van der Waals surface area contributed by atoms with Crippen molar-refractivity contribution in [3.05, 3.63) is 58.3 Å². The molecule has 38 heavy (non-hydrogen) atoms. The van der Waals surface area contributed by atoms with E-state index in [2.05, 4.69) is 54.6 Å². The van der Waals surface area contributed by atoms with E-state index >= 15 is 0 Å². The third kappa shape index (κ3) is 3.91. The van der Waals surface area contributed by atoms with Gasteiger partial charge in [0.25, 0.3) is 0 Å². The van der Waals surface area contributed by atoms with Crippen LogP contribution in [0.4, 0.5) is 5.69 Å². The van der Waals surface area contributed by atoms with Crippen molar-refractivity contribution in [2.45, 2.75) is 77.4 Å². The van der Waals surface area contributed by atoms with E-state index in [9.17, 15) is 10.1 Å². The lowest BCUT2D eigenvalue weighted by atomic mass is 9.71. The number of ether oxygens (including phenoxy) is 1. The Balaban J connectivity index is 1.44. The number of carbonyl (C=O) groups excluding carboxylic acids is 1. The number of aromatic amines is 1. The molecule has 1 aromatic heterocycles. The number of nitrogens with zero attached hydrogens (tertiary/aromatic N) is 3. The summed E-state index contributed by atoms with van der Waals surface area (Å²) in [6.07, 6.45) is 6.00. The number of hydrogen-bond donors (Lipinski definition) is 1. The van der Waals surface area contributed by atoms with Gasteiger partial charge < -0.3 is 14.6 Å². The Morgan fingerprint density at radius 3 is 2.47 bits per heavy atom. The molecular weight excluding hydrogens is 472 g/mol. The summed E-state index contributed by atoms with van der Waals surface area (Å²) in [5.41, 5.74) is 5.54. The number of aromatic nitrogens is 1. The van der Waals surface area contributed by atoms with E-state index in [-0.39, 0.29) is 11.9 Å². The predicted molar refractivity (Wildman–Crippen MR) is 151 cm³/mol. The van der Waals surface area contributed by atoms with Crippen molar-refractivity contribution in [2.24, 2.45) is 0 Å². The van der Waals surface area contributed by atoms with Gasteiger partial charge in [0.05, 0.1) is 29.0 Å². The Kier molecular flexibility index (Phi) is 6.23. The first-order chi connectivity index (χ1) is 18.3. The number of piperazine rings is 1. The lowest BCUT2D eigenvalue weighted by Crippen LogP contribution is -2.52. The zero-order valence-electron chi connectivity index (χ0n) is 23.1. The molecule has 6 rings (SSSR count). The van der Waals surface area contributed by atoms with E-state index in [1.54, 1.807) is 6.07 Å². The van der Waals surface area contributed by atoms with Gasteiger partial charge in [-0.05, 0) is 55.5 Å². The summed E-state index contributed by atoms with van der Waals surface area (Å²) in [6.45, 7) is 12.8. The SMILES string of the molecule is CCC(CC)Oc1cc2c(cc1N1CCN(C3CCC3)CC1)C(C)(C)c1[nH]c3cc(C#N)ccc3c1C2=O. The molecular formula is C32H38N4O2. The number of H-pyrrole nitrogens is 1. The second-order valence-corrected chi connectivity index (χ2v) is 11.7. The topological polar surface area (TPSA) is 72.4 Å². The van der Waals surface area contributed by atoms with Crippen LogP contribution >= 0.6 is 0 Å². The van der Waals surface area contributed by atoms with Crippen LogP contribution < -0.4 is 9.64 Å². The Morgan fingerprint density at radius 1 is 1.11 bits per heavy atom. The van der Waals surface area contributed by atoms with Gasteiger partial charge in [-0.1, -0.05) is 40.2 Å². The number of ketones is 1. The van der Waals surface area contributed by atoms with Gasteiger partial charge in [0.2, 0.25) is 0 Å². The molecule has 1 saturated carbocycles. The minimum atomic E-state index is -0.402. The van der Waals surface area contributed by atoms with Crippen molar-refractivity contribution in [2.75, 3.05) is 31.1 Å². The van der Waals surface area contributed by atoms with Crippen LogP contribution in [-0.4, -0.2) is 54.0 Å². The van der Waals surface area contributed by atoms with Crippen LogP contribution in [0.25, 0.3) is 10.9 Å². The predicted octanol–water partition coefficient (Wildman–Crippen LogP) is 6.15. The van der Waals surface area contributed by atoms with Crippen LogP contribution in [0, 0.1) is 11.3 Å². The molecule has 0 radical (unpaired) electrons. The lowest BCUT2D eigenvalue weighted by molar-refractivity contribution is 0.103. The summed E-state index contributed by atoms with van der Waals surface area (Å²) in [6, 6.07) is 12.8. The van der Waals surface area contributed by atoms with E-state index < -0.39 is 5.41 Å². The fourth-order valence-electron chi connectivity index (χ4n) is 6.57. The number of benzene rings is 2. The molecule has 6 nitrogen and oxygen atoms in total. The molecule has 2 fully saturated rings. The Labute approximate surface area is 225 Å². The molecule has 3 aromatic rings. The van der Waals surface area contributed by atoms with Gasteiger partial charge in [0, 0.05) is 59.8 Å². The normalized spacial score (nSPS) is 19.3. The highest BCUT2D eigenvalue weighted by Crippen LogP contribution is 2.47. The molecule has 0 unspecified atom stereocenters. The second-order valence-electron chi connectivity index (χ2n) is 11.7. The third-order valence-electron chi connectivity index (χ3n) is 9.25. The smallest absolute Gasteiger partial charge is 0.195 e. The zero-order chi connectivity index (χ0) is 26.6. The molecule has 3 aliphatic rings. The van der Waals surface area contributed by atoms with Crippen molar-refractivity contribution < 1.29 is 9.53 Å². The van der Waals surface area contributed by atoms with Gasteiger partial charge in [-0.25, -0.2) is 0 Å². The van der Waals surface area contributed by atoms with Crippen LogP contribution in [-0.2, 0) is 5.41 Å². The van der Waals surface area contributed by atoms with Gasteiger partial charge in [0.1, 0.15) is 5.75 Å². The monoisotopic (exact) mass is 510 g/mol. The average molecular weight is 511 g/mol. The number of nitrogens with one attached hydrogen (secondary N) is 1. The molecule has 0 amide bonds. The summed E-state index contributed by atoms with van der Waals surface area (Å²) in [7, 11) is 0. The van der Waals surface area contributed by atoms with Crippen molar-refractivity contribution in [3.63, 3.8) is 0 Å². The van der Waals surface area contributed by atoms with Crippen molar-refractivity contribution in [1.29, 1.82) is 5.26 Å². The van der Waals surface area contributed by atoms with E-state index in [0.717, 1.165) is 89.8 Å². The zero-order valence-corrected chi connectivity index (χ0v) is 23.1. The summed E-state index contributed by atoms with van der Waals surface area (Å²) in [4.78, 5) is 22.7. The molecule has 2 aliphatic carbocycles. The largest absolute Gasteiger partial charge is 0.488 e. The standard InChI is InChI=1S/C32H38N4O2/c1-5-22(6-2)38-28-17-24-25(18-27(28)36-14-12-35(13-15-36)21-8-7-9-21)32(3,4)31-29(30(24)37)23-11-10-20(19-33)16-26(23)34-31/h10-11,16-18,21-22,34H,5-9,12-15H2,1-4H3. The minimum Gasteiger partial charge on any atom is -0.488 e. The maximum Gasteiger partial charge on any atom is 0.195 e. The van der Waals surface area contributed by atoms with Gasteiger partial charge in [-0.15, -0.1) is 0 Å². The average Bonchev–Trinajstić information content (AvgIpc) is 3.30. The van der Waals surface area contributed by atoms with E-state index in [0.29, 0.717) is 5.56 Å². The van der Waals surface area contributed by atoms with E-state index in [4.69, 9.17) is 4.74 Å². The summed E-state index contributed by atoms with van der Waals surface area (Å²) in [5, 5.41) is 10.3. The van der Waals surface area contributed by atoms with E-state index in [1.165, 1.54) is 19.3 Å². The highest BCUT2D eigenvalue weighted by molar-refractivity contribution is 6.20. The van der Waals surface area contributed by atoms with Crippen LogP contribution in [0.5, 0.6) is 5.75 Å². The van der Waals surface area contributed by atoms with Crippen molar-refractivity contribution in [1.82, 2.24) is 9.88 Å². The first kappa shape index (κ1) is 25.0. The number of nitriles is 1. The van der Waals surface area contributed by atoms with Crippen LogP contribution in [0.2, 0.25) is 0 Å². The first-order valence-corrected chi connectivity index (χ1v) is 14.3. The molecule has 2 aromatic carbocycles. The van der Waals surface area contributed by atoms with Crippen LogP contribution in [0.3, 0.4) is 0 Å². The number of hydrogen-bond acceptors (Lipinski definition) is 5. The minimum absolute atomic E-state index is 0.0287. The maximum absolute atomic E-state index is 14.1. The fraction of sp³-hybridized carbons (Fsp3) is 0.500. The third-order valence-corrected chi connectivity index (χ3v) is 9.25. The number of fused-ring (bicyclic) bond motifs is 4. The molecule has 6 heteroatoms. The molecule has 0 atom stereocenters. The summed E-state index contributed by atoms with van der Waals surface area (Å²) < 4.78 is 6.62. The summed E-state index contributed by atoms with van der Waals surface area (Å²) >= 11 is 0. The van der Waals surface area contributed by atoms with Crippen LogP contribution in [0.15, 0.2) is 30.3 Å². The molecule has 0 bridgehead atoms. The van der Waals surface area contributed by atoms with E-state index in [1.807, 2.05) is 18.2 Å². The molecule has 2 heterocycles. The highest BCUT2D eigenvalue weighted by Gasteiger charge is 2.41. The first-order valence-electron chi connectivity index (χ1n) is 14.3. The molecule has 0 spiro atoms. The lowest BCUT2D eigenvalue weighted by Gasteiger charge is -2.44. The van der Waals surface area contributed by atoms with Gasteiger partial charge in [-0.3, -0.25) is 9.69 Å². The highest BCUT2D eigenvalue weighted by atomic mass is 16.5. The number of rotatable bonds is 6. The van der Waals surface area contributed by atoms with Crippen LogP contribution in [0.1, 0.15) is 92.5 Å². The fourth-order valence-corrected chi connectivity index (χ4v) is 6.57.